The molecule has 0 saturated carbocycles. The molecule has 98 valence electrons. The third-order valence-corrected chi connectivity index (χ3v) is 3.23. The fourth-order valence-corrected chi connectivity index (χ4v) is 1.34. The van der Waals surface area contributed by atoms with E-state index in [4.69, 9.17) is 4.74 Å². The number of carbonyl (C=O) groups is 2. The van der Waals surface area contributed by atoms with Gasteiger partial charge in [0.25, 0.3) is 0 Å². The molecule has 0 aliphatic rings. The molecule has 0 aromatic carbocycles. The SMILES string of the molecule is CCOC(=O)c1ccnc(NC(=O)C(Br)CC)c1. The van der Waals surface area contributed by atoms with Crippen LogP contribution in [-0.4, -0.2) is 28.3 Å². The Morgan fingerprint density at radius 1 is 1.50 bits per heavy atom. The number of amides is 1. The Morgan fingerprint density at radius 3 is 2.83 bits per heavy atom. The molecule has 1 aromatic rings. The predicted molar refractivity (Wildman–Crippen MR) is 71.8 cm³/mol. The third kappa shape index (κ3) is 4.10. The van der Waals surface area contributed by atoms with Gasteiger partial charge in [0, 0.05) is 6.20 Å². The van der Waals surface area contributed by atoms with Crippen LogP contribution < -0.4 is 5.32 Å². The second-order valence-electron chi connectivity index (χ2n) is 3.52. The molecule has 18 heavy (non-hydrogen) atoms. The van der Waals surface area contributed by atoms with E-state index in [2.05, 4.69) is 26.2 Å². The van der Waals surface area contributed by atoms with Gasteiger partial charge >= 0.3 is 5.97 Å². The molecule has 0 aliphatic heterocycles. The zero-order valence-corrected chi connectivity index (χ0v) is 11.9. The maximum Gasteiger partial charge on any atom is 0.338 e. The molecule has 0 fully saturated rings. The van der Waals surface area contributed by atoms with Crippen LogP contribution in [-0.2, 0) is 9.53 Å². The van der Waals surface area contributed by atoms with Crippen molar-refractivity contribution < 1.29 is 14.3 Å². The Balaban J connectivity index is 2.76. The van der Waals surface area contributed by atoms with Crippen LogP contribution in [0.3, 0.4) is 0 Å². The average Bonchev–Trinajstić information content (AvgIpc) is 2.38. The molecule has 1 amide bonds. The molecule has 0 saturated heterocycles. The van der Waals surface area contributed by atoms with Crippen molar-refractivity contribution in [2.24, 2.45) is 0 Å². The van der Waals surface area contributed by atoms with Gasteiger partial charge in [0.05, 0.1) is 17.0 Å². The number of carbonyl (C=O) groups excluding carboxylic acids is 2. The van der Waals surface area contributed by atoms with E-state index < -0.39 is 5.97 Å². The van der Waals surface area contributed by atoms with E-state index in [1.165, 1.54) is 12.3 Å². The number of anilines is 1. The van der Waals surface area contributed by atoms with Crippen molar-refractivity contribution in [3.05, 3.63) is 23.9 Å². The highest BCUT2D eigenvalue weighted by Gasteiger charge is 2.14. The van der Waals surface area contributed by atoms with E-state index in [1.807, 2.05) is 6.92 Å². The number of hydrogen-bond acceptors (Lipinski definition) is 4. The Morgan fingerprint density at radius 2 is 2.22 bits per heavy atom. The number of hydrogen-bond donors (Lipinski definition) is 1. The van der Waals surface area contributed by atoms with Crippen molar-refractivity contribution in [3.63, 3.8) is 0 Å². The summed E-state index contributed by atoms with van der Waals surface area (Å²) in [6, 6.07) is 3.03. The van der Waals surface area contributed by atoms with Gasteiger partial charge in [-0.05, 0) is 25.5 Å². The number of aromatic nitrogens is 1. The topological polar surface area (TPSA) is 68.3 Å². The summed E-state index contributed by atoms with van der Waals surface area (Å²) >= 11 is 3.24. The number of nitrogens with one attached hydrogen (secondary N) is 1. The molecular formula is C12H15BrN2O3. The van der Waals surface area contributed by atoms with Gasteiger partial charge < -0.3 is 10.1 Å². The van der Waals surface area contributed by atoms with Crippen LogP contribution in [0.1, 0.15) is 30.6 Å². The third-order valence-electron chi connectivity index (χ3n) is 2.17. The van der Waals surface area contributed by atoms with Gasteiger partial charge in [0.1, 0.15) is 5.82 Å². The predicted octanol–water partition coefficient (Wildman–Crippen LogP) is 2.37. The lowest BCUT2D eigenvalue weighted by molar-refractivity contribution is -0.115. The zero-order chi connectivity index (χ0) is 13.5. The average molecular weight is 315 g/mol. The summed E-state index contributed by atoms with van der Waals surface area (Å²) in [7, 11) is 0. The quantitative estimate of drug-likeness (QED) is 0.669. The second kappa shape index (κ2) is 7.10. The summed E-state index contributed by atoms with van der Waals surface area (Å²) in [5, 5.41) is 2.63. The highest BCUT2D eigenvalue weighted by molar-refractivity contribution is 9.10. The number of alkyl halides is 1. The zero-order valence-electron chi connectivity index (χ0n) is 10.3. The van der Waals surface area contributed by atoms with Crippen molar-refractivity contribution in [1.82, 2.24) is 4.98 Å². The van der Waals surface area contributed by atoms with E-state index in [9.17, 15) is 9.59 Å². The van der Waals surface area contributed by atoms with Crippen molar-refractivity contribution >= 4 is 33.6 Å². The van der Waals surface area contributed by atoms with Gasteiger partial charge in [-0.25, -0.2) is 9.78 Å². The van der Waals surface area contributed by atoms with Gasteiger partial charge in [-0.1, -0.05) is 22.9 Å². The Labute approximate surface area is 114 Å². The van der Waals surface area contributed by atoms with Gasteiger partial charge in [-0.15, -0.1) is 0 Å². The van der Waals surface area contributed by atoms with E-state index >= 15 is 0 Å². The summed E-state index contributed by atoms with van der Waals surface area (Å²) in [6.07, 6.45) is 2.13. The fraction of sp³-hybridized carbons (Fsp3) is 0.417. The number of esters is 1. The summed E-state index contributed by atoms with van der Waals surface area (Å²) in [6.45, 7) is 3.93. The van der Waals surface area contributed by atoms with Crippen LogP contribution in [0.5, 0.6) is 0 Å². The monoisotopic (exact) mass is 314 g/mol. The molecule has 1 rings (SSSR count). The molecule has 0 radical (unpaired) electrons. The number of nitrogens with zero attached hydrogens (tertiary/aromatic N) is 1. The van der Waals surface area contributed by atoms with Gasteiger partial charge in [0.2, 0.25) is 5.91 Å². The van der Waals surface area contributed by atoms with Crippen molar-refractivity contribution in [2.45, 2.75) is 25.1 Å². The molecule has 0 aliphatic carbocycles. The highest BCUT2D eigenvalue weighted by atomic mass is 79.9. The van der Waals surface area contributed by atoms with E-state index in [0.717, 1.165) is 0 Å². The van der Waals surface area contributed by atoms with Gasteiger partial charge in [0.15, 0.2) is 0 Å². The molecule has 0 spiro atoms. The fourth-order valence-electron chi connectivity index (χ4n) is 1.23. The first-order valence-electron chi connectivity index (χ1n) is 5.66. The molecular weight excluding hydrogens is 300 g/mol. The minimum Gasteiger partial charge on any atom is -0.462 e. The lowest BCUT2D eigenvalue weighted by Crippen LogP contribution is -2.22. The van der Waals surface area contributed by atoms with E-state index in [1.54, 1.807) is 13.0 Å². The van der Waals surface area contributed by atoms with Crippen LogP contribution in [0.2, 0.25) is 0 Å². The molecule has 1 aromatic heterocycles. The number of rotatable bonds is 5. The summed E-state index contributed by atoms with van der Waals surface area (Å²) in [5.74, 6) is -0.282. The van der Waals surface area contributed by atoms with Gasteiger partial charge in [-0.3, -0.25) is 4.79 Å². The lowest BCUT2D eigenvalue weighted by atomic mass is 10.2. The molecule has 0 bridgehead atoms. The summed E-state index contributed by atoms with van der Waals surface area (Å²) < 4.78 is 4.87. The first-order valence-corrected chi connectivity index (χ1v) is 6.58. The standard InChI is InChI=1S/C12H15BrN2O3/c1-3-9(13)11(16)15-10-7-8(5-6-14-10)12(17)18-4-2/h5-7,9H,3-4H2,1-2H3,(H,14,15,16). The van der Waals surface area contributed by atoms with Crippen molar-refractivity contribution in [1.29, 1.82) is 0 Å². The van der Waals surface area contributed by atoms with E-state index in [-0.39, 0.29) is 10.7 Å². The highest BCUT2D eigenvalue weighted by Crippen LogP contribution is 2.11. The molecule has 1 atom stereocenters. The number of ether oxygens (including phenoxy) is 1. The molecule has 1 unspecified atom stereocenters. The van der Waals surface area contributed by atoms with Crippen molar-refractivity contribution in [2.75, 3.05) is 11.9 Å². The molecule has 6 heteroatoms. The maximum atomic E-state index is 11.6. The van der Waals surface area contributed by atoms with Crippen LogP contribution in [0.25, 0.3) is 0 Å². The smallest absolute Gasteiger partial charge is 0.338 e. The Hall–Kier alpha value is -1.43. The summed E-state index contributed by atoms with van der Waals surface area (Å²) in [5.41, 5.74) is 0.366. The minimum absolute atomic E-state index is 0.189. The largest absolute Gasteiger partial charge is 0.462 e. The number of halogens is 1. The maximum absolute atomic E-state index is 11.6. The lowest BCUT2D eigenvalue weighted by Gasteiger charge is -2.08. The van der Waals surface area contributed by atoms with Crippen molar-refractivity contribution in [3.8, 4) is 0 Å². The molecule has 1 N–H and O–H groups in total. The number of pyridine rings is 1. The summed E-state index contributed by atoms with van der Waals surface area (Å²) in [4.78, 5) is 26.8. The Bertz CT molecular complexity index is 437. The van der Waals surface area contributed by atoms with Crippen LogP contribution in [0, 0.1) is 0 Å². The van der Waals surface area contributed by atoms with E-state index in [0.29, 0.717) is 24.4 Å². The minimum atomic E-state index is -0.429. The Kier molecular flexibility index (Phi) is 5.77. The normalized spacial score (nSPS) is 11.7. The molecule has 1 heterocycles. The second-order valence-corrected chi connectivity index (χ2v) is 4.62. The van der Waals surface area contributed by atoms with Crippen LogP contribution in [0.4, 0.5) is 5.82 Å². The van der Waals surface area contributed by atoms with Crippen LogP contribution in [0.15, 0.2) is 18.3 Å². The first kappa shape index (κ1) is 14.6. The molecule has 5 nitrogen and oxygen atoms in total. The van der Waals surface area contributed by atoms with Gasteiger partial charge in [-0.2, -0.15) is 0 Å². The van der Waals surface area contributed by atoms with Crippen LogP contribution >= 0.6 is 15.9 Å². The first-order chi connectivity index (χ1) is 8.58.